The third-order valence-electron chi connectivity index (χ3n) is 4.51. The van der Waals surface area contributed by atoms with Crippen LogP contribution in [0.15, 0.2) is 4.42 Å². The van der Waals surface area contributed by atoms with E-state index in [4.69, 9.17) is 9.15 Å². The van der Waals surface area contributed by atoms with Crippen molar-refractivity contribution in [2.75, 3.05) is 11.9 Å². The average Bonchev–Trinajstić information content (AvgIpc) is 3.12. The first-order valence-corrected chi connectivity index (χ1v) is 8.00. The van der Waals surface area contributed by atoms with Gasteiger partial charge >= 0.3 is 12.0 Å². The van der Waals surface area contributed by atoms with Crippen molar-refractivity contribution in [3.05, 3.63) is 28.4 Å². The summed E-state index contributed by atoms with van der Waals surface area (Å²) >= 11 is 0. The van der Waals surface area contributed by atoms with Gasteiger partial charge in [-0.25, -0.2) is 4.79 Å². The molecule has 8 heteroatoms. The smallest absolute Gasteiger partial charge is 0.323 e. The van der Waals surface area contributed by atoms with E-state index >= 15 is 0 Å². The molecular weight excluding hydrogens is 310 g/mol. The molecule has 0 bridgehead atoms. The van der Waals surface area contributed by atoms with Gasteiger partial charge in [-0.15, -0.1) is 0 Å². The van der Waals surface area contributed by atoms with Gasteiger partial charge in [0.25, 0.3) is 0 Å². The second-order valence-electron chi connectivity index (χ2n) is 6.15. The molecule has 2 aromatic heterocycles. The highest BCUT2D eigenvalue weighted by Gasteiger charge is 2.34. The van der Waals surface area contributed by atoms with Gasteiger partial charge < -0.3 is 14.5 Å². The monoisotopic (exact) mass is 333 g/mol. The zero-order valence-corrected chi connectivity index (χ0v) is 14.6. The van der Waals surface area contributed by atoms with E-state index in [2.05, 4.69) is 20.7 Å². The minimum absolute atomic E-state index is 0.122. The molecule has 2 N–H and O–H groups in total. The average molecular weight is 333 g/mol. The molecule has 0 radical (unpaired) electrons. The summed E-state index contributed by atoms with van der Waals surface area (Å²) in [6.07, 6.45) is 0.549. The first kappa shape index (κ1) is 16.5. The number of nitrogens with zero attached hydrogens (tertiary/aromatic N) is 3. The van der Waals surface area contributed by atoms with E-state index in [9.17, 15) is 4.79 Å². The summed E-state index contributed by atoms with van der Waals surface area (Å²) in [5, 5.41) is 10.0. The number of amides is 2. The Morgan fingerprint density at radius 1 is 1.25 bits per heavy atom. The quantitative estimate of drug-likeness (QED) is 0.899. The lowest BCUT2D eigenvalue weighted by Crippen LogP contribution is -2.39. The van der Waals surface area contributed by atoms with E-state index in [0.717, 1.165) is 29.1 Å². The molecule has 0 spiro atoms. The molecule has 2 atom stereocenters. The topological polar surface area (TPSA) is 94.2 Å². The molecule has 8 nitrogen and oxygen atoms in total. The number of rotatable bonds is 3. The van der Waals surface area contributed by atoms with Gasteiger partial charge in [-0.05, 0) is 34.1 Å². The predicted molar refractivity (Wildman–Crippen MR) is 87.9 cm³/mol. The maximum atomic E-state index is 12.2. The Morgan fingerprint density at radius 2 is 2.00 bits per heavy atom. The number of nitrogens with one attached hydrogen (secondary N) is 2. The molecule has 2 aromatic rings. The zero-order valence-electron chi connectivity index (χ0n) is 14.6. The van der Waals surface area contributed by atoms with Crippen LogP contribution in [0.3, 0.4) is 0 Å². The lowest BCUT2D eigenvalue weighted by Gasteiger charge is -2.20. The summed E-state index contributed by atoms with van der Waals surface area (Å²) in [5.74, 6) is 0.689. The third-order valence-corrected chi connectivity index (χ3v) is 4.51. The van der Waals surface area contributed by atoms with Gasteiger partial charge in [-0.3, -0.25) is 10.00 Å². The summed E-state index contributed by atoms with van der Waals surface area (Å²) in [4.78, 5) is 16.4. The second kappa shape index (κ2) is 6.27. The van der Waals surface area contributed by atoms with E-state index in [-0.39, 0.29) is 24.2 Å². The van der Waals surface area contributed by atoms with Crippen molar-refractivity contribution in [1.29, 1.82) is 0 Å². The van der Waals surface area contributed by atoms with Crippen molar-refractivity contribution in [2.45, 2.75) is 46.3 Å². The Kier molecular flexibility index (Phi) is 4.31. The van der Waals surface area contributed by atoms with Crippen LogP contribution < -0.4 is 10.6 Å². The molecular formula is C16H23N5O3. The highest BCUT2D eigenvalue weighted by atomic mass is 16.5. The lowest BCUT2D eigenvalue weighted by molar-refractivity contribution is 0.0993. The maximum Gasteiger partial charge on any atom is 0.323 e. The summed E-state index contributed by atoms with van der Waals surface area (Å²) < 4.78 is 13.1. The number of carbonyl (C=O) groups is 1. The summed E-state index contributed by atoms with van der Waals surface area (Å²) in [6, 6.07) is -0.272. The Hall–Kier alpha value is -2.35. The largest absolute Gasteiger partial charge is 0.428 e. The molecule has 0 saturated carbocycles. The van der Waals surface area contributed by atoms with Crippen molar-refractivity contribution in [1.82, 2.24) is 20.1 Å². The van der Waals surface area contributed by atoms with Gasteiger partial charge in [0.05, 0.1) is 17.4 Å². The van der Waals surface area contributed by atoms with Crippen molar-refractivity contribution in [3.8, 4) is 0 Å². The highest BCUT2D eigenvalue weighted by Crippen LogP contribution is 2.33. The number of carbonyl (C=O) groups excluding carboxylic acids is 1. The Balaban J connectivity index is 1.70. The van der Waals surface area contributed by atoms with Crippen LogP contribution in [0.4, 0.5) is 10.8 Å². The van der Waals surface area contributed by atoms with Crippen LogP contribution in [0, 0.1) is 27.7 Å². The number of hydrogen-bond acceptors (Lipinski definition) is 5. The van der Waals surface area contributed by atoms with E-state index in [1.165, 1.54) is 0 Å². The number of aromatic nitrogens is 3. The van der Waals surface area contributed by atoms with Crippen molar-refractivity contribution in [3.63, 3.8) is 0 Å². The number of oxazole rings is 1. The van der Waals surface area contributed by atoms with Gasteiger partial charge in [0, 0.05) is 24.9 Å². The Morgan fingerprint density at radius 3 is 2.58 bits per heavy atom. The zero-order chi connectivity index (χ0) is 17.4. The fourth-order valence-corrected chi connectivity index (χ4v) is 3.05. The van der Waals surface area contributed by atoms with E-state index in [1.54, 1.807) is 6.92 Å². The van der Waals surface area contributed by atoms with Crippen LogP contribution in [0.25, 0.3) is 0 Å². The first-order valence-electron chi connectivity index (χ1n) is 8.00. The molecule has 1 aliphatic heterocycles. The number of ether oxygens (including phenoxy) is 1. The van der Waals surface area contributed by atoms with Crippen LogP contribution in [0.2, 0.25) is 0 Å². The molecule has 1 fully saturated rings. The molecule has 0 unspecified atom stereocenters. The maximum absolute atomic E-state index is 12.2. The normalized spacial score (nSPS) is 20.4. The third kappa shape index (κ3) is 3.01. The summed E-state index contributed by atoms with van der Waals surface area (Å²) in [6.45, 7) is 8.20. The van der Waals surface area contributed by atoms with Crippen LogP contribution in [0.5, 0.6) is 0 Å². The fraction of sp³-hybridized carbons (Fsp3) is 0.562. The van der Waals surface area contributed by atoms with E-state index < -0.39 is 0 Å². The number of hydrogen-bond donors (Lipinski definition) is 2. The van der Waals surface area contributed by atoms with Gasteiger partial charge in [0.15, 0.2) is 0 Å². The number of anilines is 1. The molecule has 0 aliphatic carbocycles. The SMILES string of the molecule is Cc1nc(NC(=O)N[C@H]2CCO[C@@H]2c2c(C)nn(C)c2C)oc1C. The van der Waals surface area contributed by atoms with E-state index in [1.807, 2.05) is 32.5 Å². The number of aryl methyl sites for hydroxylation is 4. The highest BCUT2D eigenvalue weighted by molar-refractivity contribution is 5.87. The first-order chi connectivity index (χ1) is 11.4. The summed E-state index contributed by atoms with van der Waals surface area (Å²) in [5.41, 5.74) is 3.77. The minimum Gasteiger partial charge on any atom is -0.428 e. The van der Waals surface area contributed by atoms with Gasteiger partial charge in [0.2, 0.25) is 0 Å². The molecule has 0 aromatic carbocycles. The molecule has 1 saturated heterocycles. The van der Waals surface area contributed by atoms with E-state index in [0.29, 0.717) is 12.4 Å². The Bertz CT molecular complexity index is 745. The van der Waals surface area contributed by atoms with Crippen molar-refractivity contribution in [2.24, 2.45) is 7.05 Å². The Labute approximate surface area is 140 Å². The van der Waals surface area contributed by atoms with Gasteiger partial charge in [-0.1, -0.05) is 0 Å². The molecule has 1 aliphatic rings. The number of urea groups is 1. The predicted octanol–water partition coefficient (Wildman–Crippen LogP) is 2.29. The lowest BCUT2D eigenvalue weighted by atomic mass is 10.0. The van der Waals surface area contributed by atoms with Crippen LogP contribution in [-0.2, 0) is 11.8 Å². The molecule has 130 valence electrons. The van der Waals surface area contributed by atoms with Crippen molar-refractivity contribution >= 4 is 12.0 Å². The molecule has 3 heterocycles. The molecule has 24 heavy (non-hydrogen) atoms. The van der Waals surface area contributed by atoms with Gasteiger partial charge in [-0.2, -0.15) is 10.1 Å². The van der Waals surface area contributed by atoms with Crippen molar-refractivity contribution < 1.29 is 13.9 Å². The van der Waals surface area contributed by atoms with Crippen LogP contribution >= 0.6 is 0 Å². The van der Waals surface area contributed by atoms with Crippen LogP contribution in [-0.4, -0.2) is 33.4 Å². The fourth-order valence-electron chi connectivity index (χ4n) is 3.05. The minimum atomic E-state index is -0.351. The second-order valence-corrected chi connectivity index (χ2v) is 6.15. The molecule has 3 rings (SSSR count). The van der Waals surface area contributed by atoms with Gasteiger partial charge in [0.1, 0.15) is 11.9 Å². The van der Waals surface area contributed by atoms with Crippen LogP contribution in [0.1, 0.15) is 40.9 Å². The summed E-state index contributed by atoms with van der Waals surface area (Å²) in [7, 11) is 1.91. The standard InChI is InChI=1S/C16H23N5O3/c1-8-11(4)24-16(17-8)19-15(22)18-12-6-7-23-14(12)13-9(2)20-21(5)10(13)3/h12,14H,6-7H2,1-5H3,(H2,17,18,19,22)/t12-,14-/m0/s1. The molecule has 2 amide bonds.